The van der Waals surface area contributed by atoms with Gasteiger partial charge >= 0.3 is 0 Å². The molecule has 0 aliphatic heterocycles. The van der Waals surface area contributed by atoms with E-state index in [4.69, 9.17) is 14.0 Å². The van der Waals surface area contributed by atoms with Crippen LogP contribution in [0, 0.1) is 13.8 Å². The molecule has 10 heteroatoms. The van der Waals surface area contributed by atoms with Crippen molar-refractivity contribution in [3.8, 4) is 11.5 Å². The van der Waals surface area contributed by atoms with E-state index >= 15 is 0 Å². The minimum Gasteiger partial charge on any atom is -0.494 e. The number of anilines is 2. The summed E-state index contributed by atoms with van der Waals surface area (Å²) in [6.45, 7) is 7.35. The molecule has 0 aliphatic rings. The highest BCUT2D eigenvalue weighted by Gasteiger charge is 2.33. The van der Waals surface area contributed by atoms with Crippen molar-refractivity contribution >= 4 is 27.3 Å². The maximum Gasteiger partial charge on any atom is 0.270 e. The van der Waals surface area contributed by atoms with Crippen LogP contribution in [0.4, 0.5) is 11.4 Å². The summed E-state index contributed by atoms with van der Waals surface area (Å²) in [5, 5.41) is 6.48. The highest BCUT2D eigenvalue weighted by molar-refractivity contribution is 7.93. The molecule has 0 spiro atoms. The first kappa shape index (κ1) is 24.1. The van der Waals surface area contributed by atoms with Crippen molar-refractivity contribution in [1.82, 2.24) is 5.16 Å². The Labute approximate surface area is 193 Å². The molecule has 0 aliphatic carbocycles. The summed E-state index contributed by atoms with van der Waals surface area (Å²) in [5.41, 5.74) is 1.04. The number of nitrogens with one attached hydrogen (secondary N) is 1. The number of hydrogen-bond acceptors (Lipinski definition) is 7. The van der Waals surface area contributed by atoms with Gasteiger partial charge in [0, 0.05) is 5.69 Å². The third-order valence-corrected chi connectivity index (χ3v) is 6.71. The number of aryl methyl sites for hydroxylation is 2. The third kappa shape index (κ3) is 5.64. The van der Waals surface area contributed by atoms with Crippen LogP contribution in [0.15, 0.2) is 57.9 Å². The molecule has 0 atom stereocenters. The van der Waals surface area contributed by atoms with E-state index in [9.17, 15) is 13.2 Å². The molecule has 1 amide bonds. The molecule has 0 radical (unpaired) electrons. The van der Waals surface area contributed by atoms with E-state index in [0.717, 1.165) is 4.31 Å². The second-order valence-corrected chi connectivity index (χ2v) is 8.90. The van der Waals surface area contributed by atoms with Crippen LogP contribution in [0.5, 0.6) is 11.5 Å². The van der Waals surface area contributed by atoms with Gasteiger partial charge in [0.15, 0.2) is 10.7 Å². The van der Waals surface area contributed by atoms with E-state index in [1.807, 2.05) is 13.8 Å². The molecule has 0 saturated heterocycles. The number of carbonyl (C=O) groups is 1. The second-order valence-electron chi connectivity index (χ2n) is 7.10. The number of nitrogens with zero attached hydrogens (tertiary/aromatic N) is 2. The van der Waals surface area contributed by atoms with E-state index in [0.29, 0.717) is 36.1 Å². The molecule has 0 fully saturated rings. The van der Waals surface area contributed by atoms with Crippen LogP contribution in [-0.2, 0) is 14.8 Å². The first-order valence-corrected chi connectivity index (χ1v) is 11.9. The van der Waals surface area contributed by atoms with Gasteiger partial charge in [0.2, 0.25) is 5.91 Å². The molecule has 0 bridgehead atoms. The predicted octanol–water partition coefficient (Wildman–Crippen LogP) is 3.92. The Morgan fingerprint density at radius 3 is 2.00 bits per heavy atom. The van der Waals surface area contributed by atoms with Crippen LogP contribution < -0.4 is 19.1 Å². The predicted molar refractivity (Wildman–Crippen MR) is 124 cm³/mol. The number of rotatable bonds is 10. The summed E-state index contributed by atoms with van der Waals surface area (Å²) >= 11 is 0. The maximum absolute atomic E-state index is 13.5. The van der Waals surface area contributed by atoms with E-state index < -0.39 is 22.5 Å². The van der Waals surface area contributed by atoms with Gasteiger partial charge in [0.1, 0.15) is 23.7 Å². The van der Waals surface area contributed by atoms with E-state index in [2.05, 4.69) is 10.5 Å². The van der Waals surface area contributed by atoms with E-state index in [1.54, 1.807) is 55.5 Å². The average molecular weight is 474 g/mol. The molecule has 1 heterocycles. The normalized spacial score (nSPS) is 11.2. The number of amides is 1. The minimum atomic E-state index is -4.14. The largest absolute Gasteiger partial charge is 0.494 e. The molecule has 9 nitrogen and oxygen atoms in total. The summed E-state index contributed by atoms with van der Waals surface area (Å²) in [4.78, 5) is 12.8. The zero-order chi connectivity index (χ0) is 24.0. The zero-order valence-corrected chi connectivity index (χ0v) is 19.8. The van der Waals surface area contributed by atoms with Gasteiger partial charge < -0.3 is 19.3 Å². The number of ether oxygens (including phenoxy) is 2. The van der Waals surface area contributed by atoms with Crippen molar-refractivity contribution in [2.75, 3.05) is 29.4 Å². The van der Waals surface area contributed by atoms with Crippen molar-refractivity contribution in [2.24, 2.45) is 0 Å². The summed E-state index contributed by atoms with van der Waals surface area (Å²) in [6.07, 6.45) is 0. The van der Waals surface area contributed by atoms with Crippen LogP contribution in [0.3, 0.4) is 0 Å². The first-order chi connectivity index (χ1) is 15.8. The van der Waals surface area contributed by atoms with Crippen molar-refractivity contribution in [3.05, 3.63) is 60.0 Å². The molecule has 0 saturated carbocycles. The fourth-order valence-electron chi connectivity index (χ4n) is 3.28. The van der Waals surface area contributed by atoms with E-state index in [-0.39, 0.29) is 16.3 Å². The fourth-order valence-corrected chi connectivity index (χ4v) is 4.99. The Hall–Kier alpha value is -3.53. The highest BCUT2D eigenvalue weighted by atomic mass is 32.2. The molecular formula is C23H27N3O6S. The lowest BCUT2D eigenvalue weighted by Crippen LogP contribution is -2.38. The van der Waals surface area contributed by atoms with Gasteiger partial charge in [-0.05, 0) is 76.2 Å². The highest BCUT2D eigenvalue weighted by Crippen LogP contribution is 2.29. The quantitative estimate of drug-likeness (QED) is 0.475. The zero-order valence-electron chi connectivity index (χ0n) is 19.0. The Kier molecular flexibility index (Phi) is 7.59. The molecule has 33 heavy (non-hydrogen) atoms. The van der Waals surface area contributed by atoms with Crippen LogP contribution in [0.25, 0.3) is 0 Å². The monoisotopic (exact) mass is 473 g/mol. The Morgan fingerprint density at radius 2 is 1.52 bits per heavy atom. The summed E-state index contributed by atoms with van der Waals surface area (Å²) in [6, 6.07) is 13.3. The molecule has 176 valence electrons. The van der Waals surface area contributed by atoms with Gasteiger partial charge in [-0.3, -0.25) is 9.10 Å². The maximum atomic E-state index is 13.5. The van der Waals surface area contributed by atoms with Gasteiger partial charge in [0.25, 0.3) is 10.0 Å². The fraction of sp³-hybridized carbons (Fsp3) is 0.304. The number of sulfonamides is 1. The van der Waals surface area contributed by atoms with Gasteiger partial charge in [-0.1, -0.05) is 5.16 Å². The van der Waals surface area contributed by atoms with Gasteiger partial charge in [-0.15, -0.1) is 0 Å². The van der Waals surface area contributed by atoms with Gasteiger partial charge in [-0.25, -0.2) is 8.42 Å². The van der Waals surface area contributed by atoms with Gasteiger partial charge in [0.05, 0.1) is 18.9 Å². The van der Waals surface area contributed by atoms with Crippen molar-refractivity contribution in [2.45, 2.75) is 32.6 Å². The average Bonchev–Trinajstić information content (AvgIpc) is 3.13. The Morgan fingerprint density at radius 1 is 0.970 bits per heavy atom. The molecule has 3 aromatic rings. The molecule has 2 aromatic carbocycles. The number of aromatic nitrogens is 1. The lowest BCUT2D eigenvalue weighted by molar-refractivity contribution is -0.114. The minimum absolute atomic E-state index is 0.0646. The van der Waals surface area contributed by atoms with Crippen LogP contribution in [0.1, 0.15) is 25.3 Å². The number of benzene rings is 2. The van der Waals surface area contributed by atoms with Crippen LogP contribution in [-0.4, -0.2) is 39.2 Å². The van der Waals surface area contributed by atoms with Crippen LogP contribution in [0.2, 0.25) is 0 Å². The summed E-state index contributed by atoms with van der Waals surface area (Å²) in [7, 11) is -4.14. The van der Waals surface area contributed by atoms with Gasteiger partial charge in [-0.2, -0.15) is 0 Å². The number of hydrogen-bond donors (Lipinski definition) is 1. The molecule has 1 aromatic heterocycles. The smallest absolute Gasteiger partial charge is 0.270 e. The lowest BCUT2D eigenvalue weighted by Gasteiger charge is -2.24. The lowest BCUT2D eigenvalue weighted by atomic mass is 10.3. The summed E-state index contributed by atoms with van der Waals surface area (Å²) < 4.78 is 44.0. The third-order valence-electron chi connectivity index (χ3n) is 4.69. The topological polar surface area (TPSA) is 111 Å². The number of carbonyl (C=O) groups excluding carboxylic acids is 1. The second kappa shape index (κ2) is 10.4. The first-order valence-electron chi connectivity index (χ1n) is 10.5. The Balaban J connectivity index is 1.90. The van der Waals surface area contributed by atoms with Crippen molar-refractivity contribution < 1.29 is 27.2 Å². The van der Waals surface area contributed by atoms with Crippen LogP contribution >= 0.6 is 0 Å². The Bertz CT molecular complexity index is 1170. The summed E-state index contributed by atoms with van der Waals surface area (Å²) in [5.74, 6) is 0.904. The molecule has 3 rings (SSSR count). The molecule has 1 N–H and O–H groups in total. The van der Waals surface area contributed by atoms with Crippen molar-refractivity contribution in [1.29, 1.82) is 0 Å². The molecule has 0 unspecified atom stereocenters. The molecular weight excluding hydrogens is 446 g/mol. The van der Waals surface area contributed by atoms with Crippen molar-refractivity contribution in [3.63, 3.8) is 0 Å². The standard InChI is InChI=1S/C23H27N3O6S/c1-5-30-20-11-7-18(8-12-20)24-22(27)15-26(19-9-13-21(14-10-19)31-6-2)33(28,29)23-16(3)25-32-17(23)4/h7-14H,5-6,15H2,1-4H3,(H,24,27). The SMILES string of the molecule is CCOc1ccc(NC(=O)CN(c2ccc(OCC)cc2)S(=O)(=O)c2c(C)noc2C)cc1. The van der Waals surface area contributed by atoms with E-state index in [1.165, 1.54) is 6.92 Å².